The second-order valence-corrected chi connectivity index (χ2v) is 4.55. The molecule has 0 saturated heterocycles. The molecule has 0 saturated carbocycles. The van der Waals surface area contributed by atoms with Crippen LogP contribution >= 0.6 is 0 Å². The van der Waals surface area contributed by atoms with Crippen molar-refractivity contribution in [1.29, 1.82) is 0 Å². The van der Waals surface area contributed by atoms with Gasteiger partial charge in [-0.25, -0.2) is 0 Å². The lowest BCUT2D eigenvalue weighted by molar-refractivity contribution is -0.116. The van der Waals surface area contributed by atoms with Gasteiger partial charge in [-0.3, -0.25) is 15.1 Å². The Morgan fingerprint density at radius 2 is 2.00 bits per heavy atom. The second kappa shape index (κ2) is 4.53. The molecule has 4 nitrogen and oxygen atoms in total. The van der Waals surface area contributed by atoms with Crippen LogP contribution in [0.3, 0.4) is 0 Å². The van der Waals surface area contributed by atoms with Gasteiger partial charge in [-0.15, -0.1) is 0 Å². The fourth-order valence-electron chi connectivity index (χ4n) is 1.08. The van der Waals surface area contributed by atoms with Crippen molar-refractivity contribution in [2.45, 2.75) is 26.3 Å². The summed E-state index contributed by atoms with van der Waals surface area (Å²) in [6.45, 7) is 5.52. The lowest BCUT2D eigenvalue weighted by Crippen LogP contribution is -2.34. The standard InChI is InChI=1S/C12H17NO3/c1-12(2,3)13(15)8-9-7-10(16-4)5-6-11(9)14/h5-8,15H,1-4H3. The number of ketones is 1. The molecule has 0 aromatic rings. The molecule has 0 aliphatic heterocycles. The van der Waals surface area contributed by atoms with E-state index in [2.05, 4.69) is 0 Å². The molecule has 1 N–H and O–H groups in total. The van der Waals surface area contributed by atoms with Gasteiger partial charge in [0.2, 0.25) is 0 Å². The summed E-state index contributed by atoms with van der Waals surface area (Å²) in [5.74, 6) is 0.442. The molecule has 0 heterocycles. The summed E-state index contributed by atoms with van der Waals surface area (Å²) in [6.07, 6.45) is 6.02. The summed E-state index contributed by atoms with van der Waals surface area (Å²) < 4.78 is 5.02. The number of hydrogen-bond acceptors (Lipinski definition) is 4. The molecule has 0 fully saturated rings. The molecule has 0 bridgehead atoms. The predicted octanol–water partition coefficient (Wildman–Crippen LogP) is 2.03. The number of methoxy groups -OCH3 is 1. The molecule has 0 aromatic carbocycles. The van der Waals surface area contributed by atoms with E-state index in [-0.39, 0.29) is 5.78 Å². The zero-order chi connectivity index (χ0) is 12.3. The first-order chi connectivity index (χ1) is 7.34. The zero-order valence-electron chi connectivity index (χ0n) is 10.0. The summed E-state index contributed by atoms with van der Waals surface area (Å²) in [4.78, 5) is 11.5. The minimum absolute atomic E-state index is 0.149. The molecular formula is C12H17NO3. The zero-order valence-corrected chi connectivity index (χ0v) is 10.0. The quantitative estimate of drug-likeness (QED) is 0.575. The van der Waals surface area contributed by atoms with Crippen LogP contribution in [0.25, 0.3) is 0 Å². The van der Waals surface area contributed by atoms with E-state index in [9.17, 15) is 10.0 Å². The normalized spacial score (nSPS) is 18.7. The maximum absolute atomic E-state index is 11.5. The van der Waals surface area contributed by atoms with Crippen molar-refractivity contribution >= 4 is 5.78 Å². The van der Waals surface area contributed by atoms with E-state index in [4.69, 9.17) is 4.74 Å². The van der Waals surface area contributed by atoms with Crippen molar-refractivity contribution in [3.8, 4) is 0 Å². The van der Waals surface area contributed by atoms with Crippen LogP contribution < -0.4 is 0 Å². The fourth-order valence-corrected chi connectivity index (χ4v) is 1.08. The van der Waals surface area contributed by atoms with Gasteiger partial charge in [0.05, 0.1) is 12.6 Å². The lowest BCUT2D eigenvalue weighted by atomic mass is 10.0. The van der Waals surface area contributed by atoms with Gasteiger partial charge < -0.3 is 4.74 Å². The van der Waals surface area contributed by atoms with Gasteiger partial charge in [0.15, 0.2) is 5.78 Å². The van der Waals surface area contributed by atoms with Gasteiger partial charge in [-0.1, -0.05) is 0 Å². The van der Waals surface area contributed by atoms with Gasteiger partial charge in [0.1, 0.15) is 5.76 Å². The summed E-state index contributed by atoms with van der Waals surface area (Å²) >= 11 is 0. The van der Waals surface area contributed by atoms with Crippen LogP contribution in [0.5, 0.6) is 0 Å². The molecule has 0 aromatic heterocycles. The van der Waals surface area contributed by atoms with Crippen LogP contribution in [0, 0.1) is 0 Å². The number of ether oxygens (including phenoxy) is 1. The van der Waals surface area contributed by atoms with E-state index < -0.39 is 5.54 Å². The first-order valence-corrected chi connectivity index (χ1v) is 5.03. The van der Waals surface area contributed by atoms with Gasteiger partial charge in [-0.05, 0) is 39.0 Å². The minimum Gasteiger partial charge on any atom is -0.497 e. The molecular weight excluding hydrogens is 206 g/mol. The monoisotopic (exact) mass is 223 g/mol. The number of hydrogen-bond donors (Lipinski definition) is 1. The number of carbonyl (C=O) groups is 1. The van der Waals surface area contributed by atoms with Crippen LogP contribution in [0.1, 0.15) is 20.8 Å². The first-order valence-electron chi connectivity index (χ1n) is 5.03. The molecule has 0 spiro atoms. The fraction of sp³-hybridized carbons (Fsp3) is 0.417. The Hall–Kier alpha value is -1.55. The smallest absolute Gasteiger partial charge is 0.187 e. The van der Waals surface area contributed by atoms with Crippen LogP contribution in [0.15, 0.2) is 35.8 Å². The molecule has 1 rings (SSSR count). The Morgan fingerprint density at radius 3 is 2.50 bits per heavy atom. The average molecular weight is 223 g/mol. The topological polar surface area (TPSA) is 49.8 Å². The van der Waals surface area contributed by atoms with E-state index in [0.717, 1.165) is 5.06 Å². The highest BCUT2D eigenvalue weighted by Crippen LogP contribution is 2.17. The number of allylic oxidation sites excluding steroid dienone is 4. The van der Waals surface area contributed by atoms with Gasteiger partial charge in [-0.2, -0.15) is 0 Å². The van der Waals surface area contributed by atoms with Gasteiger partial charge >= 0.3 is 0 Å². The highest BCUT2D eigenvalue weighted by Gasteiger charge is 2.19. The Morgan fingerprint density at radius 1 is 1.38 bits per heavy atom. The highest BCUT2D eigenvalue weighted by molar-refractivity contribution is 6.07. The SMILES string of the molecule is COC1=CC(=CN(O)C(C)(C)C)C(=O)C=C1. The summed E-state index contributed by atoms with van der Waals surface area (Å²) in [5, 5.41) is 10.7. The van der Waals surface area contributed by atoms with E-state index in [1.54, 1.807) is 12.2 Å². The van der Waals surface area contributed by atoms with E-state index in [1.165, 1.54) is 19.4 Å². The van der Waals surface area contributed by atoms with Crippen molar-refractivity contribution in [3.05, 3.63) is 35.8 Å². The third-order valence-electron chi connectivity index (χ3n) is 2.17. The third kappa shape index (κ3) is 2.97. The summed E-state index contributed by atoms with van der Waals surface area (Å²) in [7, 11) is 1.53. The van der Waals surface area contributed by atoms with Crippen molar-refractivity contribution in [2.75, 3.05) is 7.11 Å². The van der Waals surface area contributed by atoms with E-state index in [0.29, 0.717) is 11.3 Å². The van der Waals surface area contributed by atoms with Crippen LogP contribution in [0.4, 0.5) is 0 Å². The van der Waals surface area contributed by atoms with Crippen molar-refractivity contribution in [2.24, 2.45) is 0 Å². The van der Waals surface area contributed by atoms with Crippen molar-refractivity contribution in [1.82, 2.24) is 5.06 Å². The Kier molecular flexibility index (Phi) is 3.55. The van der Waals surface area contributed by atoms with Crippen LogP contribution in [-0.4, -0.2) is 28.7 Å². The summed E-state index contributed by atoms with van der Waals surface area (Å²) in [6, 6.07) is 0. The molecule has 0 amide bonds. The minimum atomic E-state index is -0.449. The Bertz CT molecular complexity index is 372. The molecule has 1 aliphatic rings. The first kappa shape index (κ1) is 12.5. The predicted molar refractivity (Wildman–Crippen MR) is 60.7 cm³/mol. The van der Waals surface area contributed by atoms with Crippen molar-refractivity contribution < 1.29 is 14.7 Å². The molecule has 88 valence electrons. The molecule has 16 heavy (non-hydrogen) atoms. The van der Waals surface area contributed by atoms with Gasteiger partial charge in [0, 0.05) is 11.8 Å². The number of nitrogens with zero attached hydrogens (tertiary/aromatic N) is 1. The Balaban J connectivity index is 2.95. The van der Waals surface area contributed by atoms with Crippen molar-refractivity contribution in [3.63, 3.8) is 0 Å². The molecule has 0 radical (unpaired) electrons. The van der Waals surface area contributed by atoms with E-state index >= 15 is 0 Å². The lowest BCUT2D eigenvalue weighted by Gasteiger charge is -2.28. The third-order valence-corrected chi connectivity index (χ3v) is 2.17. The largest absolute Gasteiger partial charge is 0.497 e. The van der Waals surface area contributed by atoms with E-state index in [1.807, 2.05) is 20.8 Å². The number of hydroxylamine groups is 2. The molecule has 0 unspecified atom stereocenters. The molecule has 4 heteroatoms. The Labute approximate surface area is 95.5 Å². The number of carbonyl (C=O) groups excluding carboxylic acids is 1. The highest BCUT2D eigenvalue weighted by atomic mass is 16.5. The van der Waals surface area contributed by atoms with Gasteiger partial charge in [0.25, 0.3) is 0 Å². The molecule has 1 aliphatic carbocycles. The maximum Gasteiger partial charge on any atom is 0.187 e. The molecule has 0 atom stereocenters. The average Bonchev–Trinajstić information content (AvgIpc) is 2.19. The number of rotatable bonds is 2. The van der Waals surface area contributed by atoms with Crippen LogP contribution in [0.2, 0.25) is 0 Å². The second-order valence-electron chi connectivity index (χ2n) is 4.55. The van der Waals surface area contributed by atoms with Crippen LogP contribution in [-0.2, 0) is 9.53 Å². The maximum atomic E-state index is 11.5. The summed E-state index contributed by atoms with van der Waals surface area (Å²) in [5.41, 5.74) is -0.0491.